The summed E-state index contributed by atoms with van der Waals surface area (Å²) in [5.74, 6) is 0.762. The van der Waals surface area contributed by atoms with Gasteiger partial charge in [0.1, 0.15) is 19.6 Å². The van der Waals surface area contributed by atoms with E-state index < -0.39 is 4.92 Å². The highest BCUT2D eigenvalue weighted by atomic mass is 16.6. The number of non-ortho nitro benzene ring substituents is 1. The van der Waals surface area contributed by atoms with E-state index in [1.165, 1.54) is 11.0 Å². The number of nitrogens with zero attached hydrogens (tertiary/aromatic N) is 5. The quantitative estimate of drug-likeness (QED) is 0.532. The molecule has 9 nitrogen and oxygen atoms in total. The van der Waals surface area contributed by atoms with Gasteiger partial charge < -0.3 is 9.64 Å². The van der Waals surface area contributed by atoms with E-state index in [9.17, 15) is 10.1 Å². The topological polar surface area (TPSA) is 99.9 Å². The molecule has 3 aromatic rings. The van der Waals surface area contributed by atoms with Crippen molar-refractivity contribution in [3.8, 4) is 0 Å². The Morgan fingerprint density at radius 1 is 1.29 bits per heavy atom. The molecular formula is C15H17N6O3+. The number of quaternary nitrogens is 1. The van der Waals surface area contributed by atoms with E-state index in [0.717, 1.165) is 43.2 Å². The molecule has 0 atom stereocenters. The molecule has 0 saturated carbocycles. The first-order valence-corrected chi connectivity index (χ1v) is 7.84. The first-order chi connectivity index (χ1) is 11.6. The Kier molecular flexibility index (Phi) is 3.58. The molecule has 3 heterocycles. The zero-order valence-corrected chi connectivity index (χ0v) is 13.2. The maximum absolute atomic E-state index is 11.1. The molecule has 4 rings (SSSR count). The summed E-state index contributed by atoms with van der Waals surface area (Å²) in [6.07, 6.45) is 0. The fourth-order valence-corrected chi connectivity index (χ4v) is 3.11. The van der Waals surface area contributed by atoms with Crippen molar-refractivity contribution >= 4 is 22.1 Å². The molecule has 0 spiro atoms. The number of fused-ring (bicyclic) bond motifs is 3. The van der Waals surface area contributed by atoms with Crippen molar-refractivity contribution in [3.63, 3.8) is 0 Å². The molecule has 1 fully saturated rings. The minimum atomic E-state index is -0.402. The van der Waals surface area contributed by atoms with Gasteiger partial charge in [0.25, 0.3) is 5.69 Å². The number of morpholine rings is 1. The molecule has 0 bridgehead atoms. The van der Waals surface area contributed by atoms with Crippen molar-refractivity contribution in [2.24, 2.45) is 0 Å². The summed E-state index contributed by atoms with van der Waals surface area (Å²) >= 11 is 0. The Labute approximate surface area is 137 Å². The molecule has 1 aromatic carbocycles. The van der Waals surface area contributed by atoms with Gasteiger partial charge in [-0.1, -0.05) is 0 Å². The first-order valence-electron chi connectivity index (χ1n) is 7.84. The van der Waals surface area contributed by atoms with Crippen LogP contribution in [0.2, 0.25) is 0 Å². The van der Waals surface area contributed by atoms with E-state index >= 15 is 0 Å². The molecular weight excluding hydrogens is 312 g/mol. The third kappa shape index (κ3) is 2.47. The van der Waals surface area contributed by atoms with Crippen LogP contribution in [-0.2, 0) is 11.3 Å². The van der Waals surface area contributed by atoms with E-state index in [-0.39, 0.29) is 5.69 Å². The standard InChI is InChI=1S/C15H16N6O3/c1-10-12-3-2-11(21(22)23)8-13(12)15-17-16-14(20(15)18-10)9-19-4-6-24-7-5-19/h2-3,8H,4-7,9H2,1H3/p+1. The van der Waals surface area contributed by atoms with Gasteiger partial charge in [0.2, 0.25) is 5.82 Å². The largest absolute Gasteiger partial charge is 0.370 e. The maximum Gasteiger partial charge on any atom is 0.270 e. The number of nitrogens with one attached hydrogen (secondary N) is 1. The van der Waals surface area contributed by atoms with Crippen LogP contribution in [-0.4, -0.2) is 51.0 Å². The molecule has 0 radical (unpaired) electrons. The van der Waals surface area contributed by atoms with Crippen LogP contribution in [0, 0.1) is 17.0 Å². The maximum atomic E-state index is 11.1. The summed E-state index contributed by atoms with van der Waals surface area (Å²) in [5.41, 5.74) is 1.39. The van der Waals surface area contributed by atoms with Crippen LogP contribution >= 0.6 is 0 Å². The summed E-state index contributed by atoms with van der Waals surface area (Å²) in [4.78, 5) is 12.0. The Bertz CT molecular complexity index is 932. The highest BCUT2D eigenvalue weighted by molar-refractivity contribution is 5.96. The summed E-state index contributed by atoms with van der Waals surface area (Å²) in [5, 5.41) is 25.7. The second kappa shape index (κ2) is 5.77. The van der Waals surface area contributed by atoms with Gasteiger partial charge in [-0.3, -0.25) is 10.1 Å². The number of benzene rings is 1. The van der Waals surface area contributed by atoms with Gasteiger partial charge in [0.15, 0.2) is 5.65 Å². The summed E-state index contributed by atoms with van der Waals surface area (Å²) < 4.78 is 7.09. The lowest BCUT2D eigenvalue weighted by molar-refractivity contribution is -0.922. The molecule has 0 unspecified atom stereocenters. The van der Waals surface area contributed by atoms with Gasteiger partial charge in [-0.15, -0.1) is 10.2 Å². The molecule has 1 aliphatic heterocycles. The number of rotatable bonds is 3. The number of nitro groups is 1. The average molecular weight is 329 g/mol. The van der Waals surface area contributed by atoms with Crippen molar-refractivity contribution in [2.45, 2.75) is 13.5 Å². The van der Waals surface area contributed by atoms with Crippen molar-refractivity contribution in [1.29, 1.82) is 0 Å². The monoisotopic (exact) mass is 329 g/mol. The second-order valence-corrected chi connectivity index (χ2v) is 5.96. The summed E-state index contributed by atoms with van der Waals surface area (Å²) in [7, 11) is 0. The predicted octanol–water partition coefficient (Wildman–Crippen LogP) is -0.0908. The van der Waals surface area contributed by atoms with Gasteiger partial charge in [-0.25, -0.2) is 0 Å². The van der Waals surface area contributed by atoms with Gasteiger partial charge >= 0.3 is 0 Å². The third-order valence-electron chi connectivity index (χ3n) is 4.41. The number of aryl methyl sites for hydroxylation is 1. The third-order valence-corrected chi connectivity index (χ3v) is 4.41. The van der Waals surface area contributed by atoms with E-state index in [2.05, 4.69) is 15.3 Å². The zero-order chi connectivity index (χ0) is 16.7. The van der Waals surface area contributed by atoms with E-state index in [1.807, 2.05) is 6.92 Å². The lowest BCUT2D eigenvalue weighted by atomic mass is 10.1. The average Bonchev–Trinajstić information content (AvgIpc) is 2.98. The van der Waals surface area contributed by atoms with Gasteiger partial charge in [-0.05, 0) is 13.0 Å². The summed E-state index contributed by atoms with van der Waals surface area (Å²) in [6.45, 7) is 5.93. The van der Waals surface area contributed by atoms with E-state index in [0.29, 0.717) is 17.6 Å². The zero-order valence-electron chi connectivity index (χ0n) is 13.2. The fraction of sp³-hybridized carbons (Fsp3) is 0.400. The molecule has 9 heteroatoms. The molecule has 2 aromatic heterocycles. The van der Waals surface area contributed by atoms with Crippen molar-refractivity contribution in [2.75, 3.05) is 26.3 Å². The van der Waals surface area contributed by atoms with Crippen molar-refractivity contribution < 1.29 is 14.6 Å². The molecule has 124 valence electrons. The number of hydrogen-bond acceptors (Lipinski definition) is 6. The Hall–Kier alpha value is -2.65. The Morgan fingerprint density at radius 2 is 2.08 bits per heavy atom. The molecule has 0 amide bonds. The van der Waals surface area contributed by atoms with Crippen molar-refractivity contribution in [1.82, 2.24) is 19.8 Å². The fourth-order valence-electron chi connectivity index (χ4n) is 3.11. The molecule has 1 N–H and O–H groups in total. The second-order valence-electron chi connectivity index (χ2n) is 5.96. The molecule has 1 aliphatic rings. The van der Waals surface area contributed by atoms with Crippen LogP contribution in [0.1, 0.15) is 11.5 Å². The first kappa shape index (κ1) is 14.9. The number of ether oxygens (including phenoxy) is 1. The minimum Gasteiger partial charge on any atom is -0.370 e. The number of nitro benzene ring substituents is 1. The predicted molar refractivity (Wildman–Crippen MR) is 84.9 cm³/mol. The molecule has 1 saturated heterocycles. The lowest BCUT2D eigenvalue weighted by Crippen LogP contribution is -3.12. The van der Waals surface area contributed by atoms with Crippen LogP contribution in [0.4, 0.5) is 5.69 Å². The van der Waals surface area contributed by atoms with Gasteiger partial charge in [0, 0.05) is 22.9 Å². The van der Waals surface area contributed by atoms with Crippen LogP contribution in [0.3, 0.4) is 0 Å². The summed E-state index contributed by atoms with van der Waals surface area (Å²) in [6, 6.07) is 4.75. The highest BCUT2D eigenvalue weighted by Gasteiger charge is 2.20. The molecule has 0 aliphatic carbocycles. The van der Waals surface area contributed by atoms with Crippen molar-refractivity contribution in [3.05, 3.63) is 39.8 Å². The molecule has 24 heavy (non-hydrogen) atoms. The van der Waals surface area contributed by atoms with E-state index in [1.54, 1.807) is 16.6 Å². The van der Waals surface area contributed by atoms with Crippen LogP contribution < -0.4 is 4.90 Å². The SMILES string of the molecule is Cc1nn2c(C[NH+]3CCOCC3)nnc2c2cc([N+](=O)[O-])ccc12. The van der Waals surface area contributed by atoms with Gasteiger partial charge in [0.05, 0.1) is 23.8 Å². The smallest absolute Gasteiger partial charge is 0.270 e. The number of aromatic nitrogens is 4. The van der Waals surface area contributed by atoms with Gasteiger partial charge in [-0.2, -0.15) is 9.61 Å². The normalized spacial score (nSPS) is 16.0. The lowest BCUT2D eigenvalue weighted by Gasteiger charge is -2.22. The Morgan fingerprint density at radius 3 is 2.83 bits per heavy atom. The Balaban J connectivity index is 1.83. The van der Waals surface area contributed by atoms with Crippen LogP contribution in [0.25, 0.3) is 16.4 Å². The van der Waals surface area contributed by atoms with Crippen LogP contribution in [0.5, 0.6) is 0 Å². The minimum absolute atomic E-state index is 0.0401. The van der Waals surface area contributed by atoms with Crippen LogP contribution in [0.15, 0.2) is 18.2 Å². The number of hydrogen-bond donors (Lipinski definition) is 1. The van der Waals surface area contributed by atoms with E-state index in [4.69, 9.17) is 4.74 Å². The highest BCUT2D eigenvalue weighted by Crippen LogP contribution is 2.25.